The fraction of sp³-hybridized carbons (Fsp3) is 0.500. The Morgan fingerprint density at radius 3 is 2.53 bits per heavy atom. The Morgan fingerprint density at radius 1 is 1.07 bits per heavy atom. The lowest BCUT2D eigenvalue weighted by molar-refractivity contribution is 0.724. The van der Waals surface area contributed by atoms with Gasteiger partial charge in [-0.1, -0.05) is 17.7 Å². The monoisotopic (exact) mass is 226 g/mol. The minimum atomic E-state index is 0. The molecule has 1 fully saturated rings. The first kappa shape index (κ1) is 12.3. The first-order valence-electron chi connectivity index (χ1n) is 5.38. The lowest BCUT2D eigenvalue weighted by Gasteiger charge is -2.22. The van der Waals surface area contributed by atoms with Gasteiger partial charge in [0.1, 0.15) is 0 Å². The molecule has 1 saturated heterocycles. The van der Waals surface area contributed by atoms with Crippen molar-refractivity contribution in [2.75, 3.05) is 31.1 Å². The number of rotatable bonds is 1. The Morgan fingerprint density at radius 2 is 1.80 bits per heavy atom. The van der Waals surface area contributed by atoms with Gasteiger partial charge in [0.2, 0.25) is 0 Å². The van der Waals surface area contributed by atoms with Crippen LogP contribution < -0.4 is 10.2 Å². The molecular weight excluding hydrogens is 208 g/mol. The summed E-state index contributed by atoms with van der Waals surface area (Å²) in [7, 11) is 0. The lowest BCUT2D eigenvalue weighted by Crippen LogP contribution is -2.27. The van der Waals surface area contributed by atoms with Gasteiger partial charge in [0.15, 0.2) is 0 Å². The van der Waals surface area contributed by atoms with Gasteiger partial charge in [0.05, 0.1) is 0 Å². The second kappa shape index (κ2) is 5.99. The van der Waals surface area contributed by atoms with Gasteiger partial charge >= 0.3 is 0 Å². The number of halogens is 1. The van der Waals surface area contributed by atoms with Crippen molar-refractivity contribution in [3.8, 4) is 0 Å². The summed E-state index contributed by atoms with van der Waals surface area (Å²) in [5.41, 5.74) is 2.70. The fourth-order valence-corrected chi connectivity index (χ4v) is 1.86. The van der Waals surface area contributed by atoms with Crippen LogP contribution in [0.4, 0.5) is 5.69 Å². The van der Waals surface area contributed by atoms with Gasteiger partial charge in [-0.2, -0.15) is 0 Å². The fourth-order valence-electron chi connectivity index (χ4n) is 1.86. The molecule has 1 aliphatic heterocycles. The highest BCUT2D eigenvalue weighted by Gasteiger charge is 2.08. The van der Waals surface area contributed by atoms with E-state index in [0.717, 1.165) is 19.6 Å². The number of nitrogens with one attached hydrogen (secondary N) is 1. The lowest BCUT2D eigenvalue weighted by atomic mass is 10.2. The zero-order chi connectivity index (χ0) is 9.80. The molecule has 3 heteroatoms. The van der Waals surface area contributed by atoms with Crippen molar-refractivity contribution in [3.63, 3.8) is 0 Å². The summed E-state index contributed by atoms with van der Waals surface area (Å²) in [6.07, 6.45) is 1.24. The smallest absolute Gasteiger partial charge is 0.0366 e. The molecule has 2 nitrogen and oxygen atoms in total. The molecule has 0 aliphatic carbocycles. The SMILES string of the molecule is Cc1ccc(N2CCCNCC2)cc1.Cl. The van der Waals surface area contributed by atoms with E-state index in [1.807, 2.05) is 0 Å². The summed E-state index contributed by atoms with van der Waals surface area (Å²) in [5, 5.41) is 3.42. The molecule has 0 unspecified atom stereocenters. The van der Waals surface area contributed by atoms with E-state index in [4.69, 9.17) is 0 Å². The first-order chi connectivity index (χ1) is 6.86. The molecular formula is C12H19ClN2. The van der Waals surface area contributed by atoms with Gasteiger partial charge < -0.3 is 10.2 Å². The first-order valence-corrected chi connectivity index (χ1v) is 5.38. The number of hydrogen-bond donors (Lipinski definition) is 1. The van der Waals surface area contributed by atoms with Gasteiger partial charge in [0, 0.05) is 25.3 Å². The zero-order valence-electron chi connectivity index (χ0n) is 9.20. The van der Waals surface area contributed by atoms with Crippen molar-refractivity contribution in [2.24, 2.45) is 0 Å². The topological polar surface area (TPSA) is 15.3 Å². The van der Waals surface area contributed by atoms with E-state index >= 15 is 0 Å². The van der Waals surface area contributed by atoms with Crippen molar-refractivity contribution in [1.82, 2.24) is 5.32 Å². The van der Waals surface area contributed by atoms with Crippen LogP contribution in [0.5, 0.6) is 0 Å². The standard InChI is InChI=1S/C12H18N2.ClH/c1-11-3-5-12(6-4-11)14-9-2-7-13-8-10-14;/h3-6,13H,2,7-10H2,1H3;1H. The highest BCUT2D eigenvalue weighted by molar-refractivity contribution is 5.85. The normalized spacial score (nSPS) is 16.7. The van der Waals surface area contributed by atoms with Gasteiger partial charge in [-0.25, -0.2) is 0 Å². The summed E-state index contributed by atoms with van der Waals surface area (Å²) in [5.74, 6) is 0. The Labute approximate surface area is 98.1 Å². The van der Waals surface area contributed by atoms with E-state index in [2.05, 4.69) is 41.4 Å². The Hall–Kier alpha value is -0.730. The second-order valence-corrected chi connectivity index (χ2v) is 3.93. The third-order valence-electron chi connectivity index (χ3n) is 2.74. The number of aryl methyl sites for hydroxylation is 1. The molecule has 0 amide bonds. The van der Waals surface area contributed by atoms with Crippen LogP contribution in [0.15, 0.2) is 24.3 Å². The van der Waals surface area contributed by atoms with E-state index in [1.165, 1.54) is 24.2 Å². The molecule has 1 N–H and O–H groups in total. The maximum absolute atomic E-state index is 3.42. The van der Waals surface area contributed by atoms with Crippen molar-refractivity contribution in [3.05, 3.63) is 29.8 Å². The quantitative estimate of drug-likeness (QED) is 0.790. The third-order valence-corrected chi connectivity index (χ3v) is 2.74. The van der Waals surface area contributed by atoms with Gasteiger partial charge in [-0.15, -0.1) is 12.4 Å². The average Bonchev–Trinajstić information content (AvgIpc) is 2.47. The van der Waals surface area contributed by atoms with Crippen LogP contribution in [0.25, 0.3) is 0 Å². The molecule has 0 atom stereocenters. The zero-order valence-corrected chi connectivity index (χ0v) is 10.0. The minimum absolute atomic E-state index is 0. The van der Waals surface area contributed by atoms with Crippen molar-refractivity contribution >= 4 is 18.1 Å². The Bertz CT molecular complexity index is 276. The third kappa shape index (κ3) is 3.40. The molecule has 1 aromatic carbocycles. The minimum Gasteiger partial charge on any atom is -0.370 e. The molecule has 84 valence electrons. The molecule has 0 radical (unpaired) electrons. The Balaban J connectivity index is 0.00000112. The molecule has 0 aromatic heterocycles. The second-order valence-electron chi connectivity index (χ2n) is 3.93. The van der Waals surface area contributed by atoms with Crippen LogP contribution in [0, 0.1) is 6.92 Å². The van der Waals surface area contributed by atoms with Crippen LogP contribution in [-0.4, -0.2) is 26.2 Å². The molecule has 15 heavy (non-hydrogen) atoms. The van der Waals surface area contributed by atoms with Crippen LogP contribution >= 0.6 is 12.4 Å². The van der Waals surface area contributed by atoms with Gasteiger partial charge in [-0.05, 0) is 32.0 Å². The van der Waals surface area contributed by atoms with Crippen molar-refractivity contribution in [1.29, 1.82) is 0 Å². The number of anilines is 1. The van der Waals surface area contributed by atoms with Gasteiger partial charge in [-0.3, -0.25) is 0 Å². The maximum atomic E-state index is 3.42. The van der Waals surface area contributed by atoms with Crippen LogP contribution in [-0.2, 0) is 0 Å². The highest BCUT2D eigenvalue weighted by Crippen LogP contribution is 2.15. The molecule has 0 bridgehead atoms. The summed E-state index contributed by atoms with van der Waals surface area (Å²) in [6.45, 7) is 6.70. The van der Waals surface area contributed by atoms with E-state index in [0.29, 0.717) is 0 Å². The van der Waals surface area contributed by atoms with Crippen LogP contribution in [0.1, 0.15) is 12.0 Å². The number of hydrogen-bond acceptors (Lipinski definition) is 2. The average molecular weight is 227 g/mol. The number of benzene rings is 1. The molecule has 1 aromatic rings. The van der Waals surface area contributed by atoms with Crippen LogP contribution in [0.3, 0.4) is 0 Å². The highest BCUT2D eigenvalue weighted by atomic mass is 35.5. The molecule has 0 saturated carbocycles. The summed E-state index contributed by atoms with van der Waals surface area (Å²) >= 11 is 0. The van der Waals surface area contributed by atoms with Crippen molar-refractivity contribution in [2.45, 2.75) is 13.3 Å². The van der Waals surface area contributed by atoms with E-state index in [-0.39, 0.29) is 12.4 Å². The molecule has 1 heterocycles. The Kier molecular flexibility index (Phi) is 4.92. The number of nitrogens with zero attached hydrogens (tertiary/aromatic N) is 1. The molecule has 0 spiro atoms. The predicted molar refractivity (Wildman–Crippen MR) is 68.1 cm³/mol. The largest absolute Gasteiger partial charge is 0.370 e. The van der Waals surface area contributed by atoms with E-state index < -0.39 is 0 Å². The van der Waals surface area contributed by atoms with Crippen LogP contribution in [0.2, 0.25) is 0 Å². The molecule has 2 rings (SSSR count). The van der Waals surface area contributed by atoms with Crippen molar-refractivity contribution < 1.29 is 0 Å². The van der Waals surface area contributed by atoms with E-state index in [1.54, 1.807) is 0 Å². The maximum Gasteiger partial charge on any atom is 0.0366 e. The van der Waals surface area contributed by atoms with E-state index in [9.17, 15) is 0 Å². The van der Waals surface area contributed by atoms with Gasteiger partial charge in [0.25, 0.3) is 0 Å². The summed E-state index contributed by atoms with van der Waals surface area (Å²) < 4.78 is 0. The summed E-state index contributed by atoms with van der Waals surface area (Å²) in [4.78, 5) is 2.46. The molecule has 1 aliphatic rings. The predicted octanol–water partition coefficient (Wildman–Crippen LogP) is 2.22. The summed E-state index contributed by atoms with van der Waals surface area (Å²) in [6, 6.07) is 8.82.